The van der Waals surface area contributed by atoms with Crippen LogP contribution in [0.4, 0.5) is 8.78 Å². The van der Waals surface area contributed by atoms with Crippen LogP contribution in [0, 0.1) is 11.6 Å². The first-order valence-corrected chi connectivity index (χ1v) is 5.06. The summed E-state index contributed by atoms with van der Waals surface area (Å²) in [4.78, 5) is 0. The number of morpholine rings is 1. The van der Waals surface area contributed by atoms with Crippen LogP contribution >= 0.6 is 12.4 Å². The quantitative estimate of drug-likeness (QED) is 0.888. The van der Waals surface area contributed by atoms with E-state index in [0.717, 1.165) is 0 Å². The van der Waals surface area contributed by atoms with Gasteiger partial charge in [-0.2, -0.15) is 0 Å². The number of ether oxygens (including phenoxy) is 2. The summed E-state index contributed by atoms with van der Waals surface area (Å²) >= 11 is 0. The second kappa shape index (κ2) is 6.14. The third-order valence-electron chi connectivity index (χ3n) is 2.56. The zero-order valence-corrected chi connectivity index (χ0v) is 10.2. The van der Waals surface area contributed by atoms with Crippen molar-refractivity contribution in [2.75, 3.05) is 26.9 Å². The summed E-state index contributed by atoms with van der Waals surface area (Å²) < 4.78 is 37.3. The van der Waals surface area contributed by atoms with Crippen LogP contribution in [0.2, 0.25) is 0 Å². The first-order valence-electron chi connectivity index (χ1n) is 5.06. The molecule has 1 saturated heterocycles. The van der Waals surface area contributed by atoms with Gasteiger partial charge in [0.25, 0.3) is 0 Å². The van der Waals surface area contributed by atoms with Crippen LogP contribution in [0.1, 0.15) is 11.6 Å². The Hall–Kier alpha value is -0.910. The minimum atomic E-state index is -0.611. The molecule has 3 nitrogen and oxygen atoms in total. The van der Waals surface area contributed by atoms with Crippen molar-refractivity contribution < 1.29 is 18.3 Å². The third-order valence-corrected chi connectivity index (χ3v) is 2.56. The number of nitrogens with one attached hydrogen (secondary N) is 1. The maximum absolute atomic E-state index is 13.7. The summed E-state index contributed by atoms with van der Waals surface area (Å²) in [6.07, 6.45) is 0. The van der Waals surface area contributed by atoms with Crippen LogP contribution in [-0.4, -0.2) is 26.9 Å². The first-order chi connectivity index (χ1) is 7.72. The van der Waals surface area contributed by atoms with Crippen molar-refractivity contribution in [3.8, 4) is 5.75 Å². The van der Waals surface area contributed by atoms with Crippen LogP contribution in [0.25, 0.3) is 0 Å². The molecular formula is C11H14ClF2NO2. The molecule has 0 amide bonds. The van der Waals surface area contributed by atoms with Crippen molar-refractivity contribution in [3.63, 3.8) is 0 Å². The molecule has 1 aliphatic heterocycles. The molecule has 1 atom stereocenters. The summed E-state index contributed by atoms with van der Waals surface area (Å²) in [5.41, 5.74) is 0.0144. The van der Waals surface area contributed by atoms with Gasteiger partial charge in [-0.3, -0.25) is 0 Å². The highest BCUT2D eigenvalue weighted by molar-refractivity contribution is 5.85. The predicted octanol–water partition coefficient (Wildman–Crippen LogP) is 2.06. The first kappa shape index (κ1) is 14.2. The largest absolute Gasteiger partial charge is 0.497 e. The Labute approximate surface area is 105 Å². The molecule has 0 aromatic heterocycles. The molecule has 0 spiro atoms. The molecule has 0 bridgehead atoms. The second-order valence-corrected chi connectivity index (χ2v) is 3.59. The maximum Gasteiger partial charge on any atom is 0.134 e. The molecule has 0 aliphatic carbocycles. The molecule has 0 saturated carbocycles. The fourth-order valence-electron chi connectivity index (χ4n) is 1.76. The number of methoxy groups -OCH3 is 1. The Morgan fingerprint density at radius 3 is 2.47 bits per heavy atom. The average molecular weight is 266 g/mol. The van der Waals surface area contributed by atoms with Gasteiger partial charge in [-0.15, -0.1) is 12.4 Å². The SMILES string of the molecule is COc1cc(F)c([C@H]2COCCN2)c(F)c1.Cl. The fourth-order valence-corrected chi connectivity index (χ4v) is 1.76. The number of hydrogen-bond acceptors (Lipinski definition) is 3. The van der Waals surface area contributed by atoms with E-state index >= 15 is 0 Å². The molecular weight excluding hydrogens is 252 g/mol. The molecule has 2 rings (SSSR count). The molecule has 1 aromatic rings. The van der Waals surface area contributed by atoms with Crippen LogP contribution in [0.15, 0.2) is 12.1 Å². The Morgan fingerprint density at radius 1 is 1.35 bits per heavy atom. The average Bonchev–Trinajstić information content (AvgIpc) is 2.29. The van der Waals surface area contributed by atoms with E-state index in [9.17, 15) is 8.78 Å². The predicted molar refractivity (Wildman–Crippen MR) is 61.7 cm³/mol. The summed E-state index contributed by atoms with van der Waals surface area (Å²) in [5.74, 6) is -1.05. The van der Waals surface area contributed by atoms with Gasteiger partial charge in [0.2, 0.25) is 0 Å². The van der Waals surface area contributed by atoms with Gasteiger partial charge in [-0.05, 0) is 0 Å². The van der Waals surface area contributed by atoms with Gasteiger partial charge in [0.15, 0.2) is 0 Å². The van der Waals surface area contributed by atoms with Crippen LogP contribution < -0.4 is 10.1 Å². The fraction of sp³-hybridized carbons (Fsp3) is 0.455. The highest BCUT2D eigenvalue weighted by Crippen LogP contribution is 2.26. The van der Waals surface area contributed by atoms with Gasteiger partial charge >= 0.3 is 0 Å². The lowest BCUT2D eigenvalue weighted by molar-refractivity contribution is 0.0745. The molecule has 1 aromatic carbocycles. The minimum Gasteiger partial charge on any atom is -0.497 e. The Balaban J connectivity index is 0.00000144. The van der Waals surface area contributed by atoms with Crippen LogP contribution in [-0.2, 0) is 4.74 Å². The molecule has 17 heavy (non-hydrogen) atoms. The molecule has 1 N–H and O–H groups in total. The number of hydrogen-bond donors (Lipinski definition) is 1. The normalized spacial score (nSPS) is 19.6. The highest BCUT2D eigenvalue weighted by atomic mass is 35.5. The molecule has 0 unspecified atom stereocenters. The number of halogens is 3. The Morgan fingerprint density at radius 2 is 2.00 bits per heavy atom. The van der Waals surface area contributed by atoms with E-state index in [1.54, 1.807) is 0 Å². The van der Waals surface area contributed by atoms with Crippen molar-refractivity contribution in [1.82, 2.24) is 5.32 Å². The third kappa shape index (κ3) is 3.06. The number of rotatable bonds is 2. The van der Waals surface area contributed by atoms with Crippen LogP contribution in [0.5, 0.6) is 5.75 Å². The number of benzene rings is 1. The maximum atomic E-state index is 13.7. The van der Waals surface area contributed by atoms with Gasteiger partial charge < -0.3 is 14.8 Å². The van der Waals surface area contributed by atoms with Gasteiger partial charge in [-0.1, -0.05) is 0 Å². The summed E-state index contributed by atoms with van der Waals surface area (Å²) in [6.45, 7) is 1.44. The van der Waals surface area contributed by atoms with E-state index in [2.05, 4.69) is 5.32 Å². The zero-order chi connectivity index (χ0) is 11.5. The minimum absolute atomic E-state index is 0. The van der Waals surface area contributed by atoms with E-state index in [0.29, 0.717) is 13.2 Å². The Bertz CT molecular complexity index is 361. The van der Waals surface area contributed by atoms with E-state index in [-0.39, 0.29) is 30.3 Å². The topological polar surface area (TPSA) is 30.5 Å². The van der Waals surface area contributed by atoms with E-state index in [4.69, 9.17) is 9.47 Å². The summed E-state index contributed by atoms with van der Waals surface area (Å²) in [7, 11) is 1.37. The van der Waals surface area contributed by atoms with Gasteiger partial charge in [0, 0.05) is 24.2 Å². The van der Waals surface area contributed by atoms with E-state index < -0.39 is 17.7 Å². The van der Waals surface area contributed by atoms with E-state index in [1.165, 1.54) is 19.2 Å². The standard InChI is InChI=1S/C11H13F2NO2.ClH/c1-15-7-4-8(12)11(9(13)5-7)10-6-16-3-2-14-10;/h4-5,10,14H,2-3,6H2,1H3;1H/t10-;/m1./s1. The van der Waals surface area contributed by atoms with E-state index in [1.807, 2.05) is 0 Å². The Kier molecular flexibility index (Phi) is 5.11. The molecule has 1 fully saturated rings. The van der Waals surface area contributed by atoms with Crippen molar-refractivity contribution in [2.45, 2.75) is 6.04 Å². The van der Waals surface area contributed by atoms with Crippen LogP contribution in [0.3, 0.4) is 0 Å². The smallest absolute Gasteiger partial charge is 0.134 e. The molecule has 96 valence electrons. The zero-order valence-electron chi connectivity index (χ0n) is 9.33. The summed E-state index contributed by atoms with van der Waals surface area (Å²) in [6, 6.07) is 1.92. The van der Waals surface area contributed by atoms with Gasteiger partial charge in [0.1, 0.15) is 17.4 Å². The lowest BCUT2D eigenvalue weighted by Gasteiger charge is -2.25. The van der Waals surface area contributed by atoms with Gasteiger partial charge in [0.05, 0.1) is 26.4 Å². The molecule has 6 heteroatoms. The second-order valence-electron chi connectivity index (χ2n) is 3.59. The van der Waals surface area contributed by atoms with Crippen molar-refractivity contribution in [2.24, 2.45) is 0 Å². The van der Waals surface area contributed by atoms with Gasteiger partial charge in [-0.25, -0.2) is 8.78 Å². The van der Waals surface area contributed by atoms with Crippen molar-refractivity contribution in [3.05, 3.63) is 29.3 Å². The van der Waals surface area contributed by atoms with Crippen molar-refractivity contribution >= 4 is 12.4 Å². The monoisotopic (exact) mass is 265 g/mol. The molecule has 1 heterocycles. The van der Waals surface area contributed by atoms with Crippen molar-refractivity contribution in [1.29, 1.82) is 0 Å². The lowest BCUT2D eigenvalue weighted by atomic mass is 10.0. The highest BCUT2D eigenvalue weighted by Gasteiger charge is 2.23. The molecule has 1 aliphatic rings. The molecule has 0 radical (unpaired) electrons. The lowest BCUT2D eigenvalue weighted by Crippen LogP contribution is -2.35. The summed E-state index contributed by atoms with van der Waals surface area (Å²) in [5, 5.41) is 3.01.